The van der Waals surface area contributed by atoms with Gasteiger partial charge in [0, 0.05) is 42.5 Å². The van der Waals surface area contributed by atoms with E-state index in [1.54, 1.807) is 42.2 Å². The maximum absolute atomic E-state index is 13.9. The number of carbonyl (C=O) groups is 2. The van der Waals surface area contributed by atoms with Gasteiger partial charge in [-0.15, -0.1) is 0 Å². The van der Waals surface area contributed by atoms with Crippen molar-refractivity contribution in [2.24, 2.45) is 0 Å². The number of hydrogen-bond donors (Lipinski definition) is 1. The lowest BCUT2D eigenvalue weighted by Crippen LogP contribution is -2.50. The first-order valence-electron chi connectivity index (χ1n) is 14.1. The number of nitrogens with zero attached hydrogens (tertiary/aromatic N) is 2. The van der Waals surface area contributed by atoms with Crippen LogP contribution in [-0.2, 0) is 32.6 Å². The number of carbonyl (C=O) groups excluding carboxylic acids is 2. The normalized spacial score (nSPS) is 12.0. The van der Waals surface area contributed by atoms with Crippen LogP contribution in [-0.4, -0.2) is 50.5 Å². The fraction of sp³-hybridized carbons (Fsp3) is 0.375. The van der Waals surface area contributed by atoms with Crippen LogP contribution in [0.3, 0.4) is 0 Å². The van der Waals surface area contributed by atoms with Gasteiger partial charge in [-0.1, -0.05) is 85.1 Å². The SMILES string of the molecule is CCCCNC(=O)[C@@H](Cc1ccccc1)N(Cc1ccc(Cl)cc1)C(=O)CCCN(c1cccc(Cl)c1C)S(C)(=O)=O. The van der Waals surface area contributed by atoms with Crippen LogP contribution < -0.4 is 9.62 Å². The van der Waals surface area contributed by atoms with Gasteiger partial charge in [-0.25, -0.2) is 8.42 Å². The smallest absolute Gasteiger partial charge is 0.243 e. The highest BCUT2D eigenvalue weighted by Gasteiger charge is 2.30. The molecule has 0 aliphatic heterocycles. The molecule has 1 atom stereocenters. The lowest BCUT2D eigenvalue weighted by molar-refractivity contribution is -0.141. The van der Waals surface area contributed by atoms with Crippen LogP contribution in [0.15, 0.2) is 72.8 Å². The summed E-state index contributed by atoms with van der Waals surface area (Å²) >= 11 is 12.4. The van der Waals surface area contributed by atoms with E-state index in [1.165, 1.54) is 4.31 Å². The van der Waals surface area contributed by atoms with E-state index in [4.69, 9.17) is 23.2 Å². The fourth-order valence-electron chi connectivity index (χ4n) is 4.70. The molecule has 0 aromatic heterocycles. The average molecular weight is 633 g/mol. The van der Waals surface area contributed by atoms with Crippen LogP contribution in [0.5, 0.6) is 0 Å². The lowest BCUT2D eigenvalue weighted by Gasteiger charge is -2.32. The van der Waals surface area contributed by atoms with Crippen LogP contribution in [0, 0.1) is 6.92 Å². The van der Waals surface area contributed by atoms with Crippen molar-refractivity contribution in [2.75, 3.05) is 23.7 Å². The molecule has 0 saturated carbocycles. The molecule has 0 radical (unpaired) electrons. The number of benzene rings is 3. The maximum atomic E-state index is 13.9. The summed E-state index contributed by atoms with van der Waals surface area (Å²) in [5.41, 5.74) is 2.89. The molecule has 0 unspecified atom stereocenters. The third-order valence-electron chi connectivity index (χ3n) is 7.03. The van der Waals surface area contributed by atoms with Gasteiger partial charge in [0.15, 0.2) is 0 Å². The molecule has 0 aliphatic carbocycles. The summed E-state index contributed by atoms with van der Waals surface area (Å²) < 4.78 is 26.7. The number of amides is 2. The van der Waals surface area contributed by atoms with Gasteiger partial charge in [0.25, 0.3) is 0 Å². The van der Waals surface area contributed by atoms with Crippen molar-refractivity contribution < 1.29 is 18.0 Å². The van der Waals surface area contributed by atoms with E-state index >= 15 is 0 Å². The van der Waals surface area contributed by atoms with Crippen molar-refractivity contribution in [2.45, 2.75) is 58.5 Å². The molecule has 42 heavy (non-hydrogen) atoms. The van der Waals surface area contributed by atoms with Crippen molar-refractivity contribution in [3.8, 4) is 0 Å². The second kappa shape index (κ2) is 16.0. The fourth-order valence-corrected chi connectivity index (χ4v) is 6.01. The van der Waals surface area contributed by atoms with Crippen molar-refractivity contribution >= 4 is 50.7 Å². The summed E-state index contributed by atoms with van der Waals surface area (Å²) in [5.74, 6) is -0.463. The Bertz CT molecular complexity index is 1430. The molecule has 3 aromatic carbocycles. The Hall–Kier alpha value is -3.07. The molecular weight excluding hydrogens is 593 g/mol. The quantitative estimate of drug-likeness (QED) is 0.197. The predicted molar refractivity (Wildman–Crippen MR) is 171 cm³/mol. The molecule has 3 aromatic rings. The van der Waals surface area contributed by atoms with Gasteiger partial charge in [-0.3, -0.25) is 13.9 Å². The van der Waals surface area contributed by atoms with E-state index in [0.717, 1.165) is 30.2 Å². The molecule has 3 rings (SSSR count). The summed E-state index contributed by atoms with van der Waals surface area (Å²) in [6.07, 6.45) is 3.55. The van der Waals surface area contributed by atoms with Crippen LogP contribution >= 0.6 is 23.2 Å². The molecule has 226 valence electrons. The Labute approximate surface area is 259 Å². The number of rotatable bonds is 15. The van der Waals surface area contributed by atoms with Gasteiger partial charge in [0.1, 0.15) is 6.04 Å². The minimum absolute atomic E-state index is 0.0484. The highest BCUT2D eigenvalue weighted by molar-refractivity contribution is 7.92. The van der Waals surface area contributed by atoms with Gasteiger partial charge >= 0.3 is 0 Å². The molecule has 2 amide bonds. The molecule has 0 heterocycles. The first-order valence-corrected chi connectivity index (χ1v) is 16.7. The van der Waals surface area contributed by atoms with Crippen molar-refractivity contribution in [1.29, 1.82) is 0 Å². The van der Waals surface area contributed by atoms with E-state index < -0.39 is 16.1 Å². The molecule has 0 saturated heterocycles. The van der Waals surface area contributed by atoms with Crippen LogP contribution in [0.4, 0.5) is 5.69 Å². The van der Waals surface area contributed by atoms with Gasteiger partial charge < -0.3 is 10.2 Å². The topological polar surface area (TPSA) is 86.8 Å². The third-order valence-corrected chi connectivity index (χ3v) is 8.87. The molecular formula is C32H39Cl2N3O4S. The monoisotopic (exact) mass is 631 g/mol. The molecule has 1 N–H and O–H groups in total. The Morgan fingerprint density at radius 3 is 2.24 bits per heavy atom. The first kappa shape index (κ1) is 33.4. The zero-order valence-corrected chi connectivity index (χ0v) is 26.7. The van der Waals surface area contributed by atoms with Crippen LogP contribution in [0.1, 0.15) is 49.3 Å². The van der Waals surface area contributed by atoms with Gasteiger partial charge in [0.05, 0.1) is 11.9 Å². The molecule has 10 heteroatoms. The Kier molecular flexibility index (Phi) is 12.7. The van der Waals surface area contributed by atoms with E-state index in [9.17, 15) is 18.0 Å². The number of nitrogens with one attached hydrogen (secondary N) is 1. The molecule has 0 bridgehead atoms. The first-order chi connectivity index (χ1) is 20.0. The Balaban J connectivity index is 1.88. The Morgan fingerprint density at radius 1 is 0.905 bits per heavy atom. The molecule has 7 nitrogen and oxygen atoms in total. The second-order valence-corrected chi connectivity index (χ2v) is 13.1. The number of sulfonamides is 1. The Morgan fingerprint density at radius 2 is 1.60 bits per heavy atom. The molecule has 0 aliphatic rings. The third kappa shape index (κ3) is 9.75. The van der Waals surface area contributed by atoms with Crippen LogP contribution in [0.2, 0.25) is 10.0 Å². The zero-order chi connectivity index (χ0) is 30.7. The summed E-state index contributed by atoms with van der Waals surface area (Å²) in [7, 11) is -3.64. The van der Waals surface area contributed by atoms with E-state index in [-0.39, 0.29) is 37.7 Å². The zero-order valence-electron chi connectivity index (χ0n) is 24.4. The number of anilines is 1. The van der Waals surface area contributed by atoms with Gasteiger partial charge in [-0.05, 0) is 60.7 Å². The highest BCUT2D eigenvalue weighted by Crippen LogP contribution is 2.28. The summed E-state index contributed by atoms with van der Waals surface area (Å²) in [6.45, 7) is 4.63. The minimum atomic E-state index is -3.64. The van der Waals surface area contributed by atoms with Crippen molar-refractivity contribution in [3.63, 3.8) is 0 Å². The summed E-state index contributed by atoms with van der Waals surface area (Å²) in [4.78, 5) is 29.1. The molecule has 0 spiro atoms. The van der Waals surface area contributed by atoms with Gasteiger partial charge in [-0.2, -0.15) is 0 Å². The largest absolute Gasteiger partial charge is 0.354 e. The number of halogens is 2. The van der Waals surface area contributed by atoms with E-state index in [0.29, 0.717) is 34.3 Å². The van der Waals surface area contributed by atoms with Crippen molar-refractivity contribution in [1.82, 2.24) is 10.2 Å². The summed E-state index contributed by atoms with van der Waals surface area (Å²) in [6, 6.07) is 21.1. The maximum Gasteiger partial charge on any atom is 0.243 e. The van der Waals surface area contributed by atoms with Gasteiger partial charge in [0.2, 0.25) is 21.8 Å². The number of unbranched alkanes of at least 4 members (excludes halogenated alkanes) is 1. The minimum Gasteiger partial charge on any atom is -0.354 e. The molecule has 0 fully saturated rings. The predicted octanol–water partition coefficient (Wildman–Crippen LogP) is 6.40. The number of hydrogen-bond acceptors (Lipinski definition) is 4. The highest BCUT2D eigenvalue weighted by atomic mass is 35.5. The van der Waals surface area contributed by atoms with E-state index in [2.05, 4.69) is 12.2 Å². The second-order valence-electron chi connectivity index (χ2n) is 10.3. The lowest BCUT2D eigenvalue weighted by atomic mass is 10.0. The van der Waals surface area contributed by atoms with Crippen molar-refractivity contribution in [3.05, 3.63) is 99.5 Å². The van der Waals surface area contributed by atoms with Crippen LogP contribution in [0.25, 0.3) is 0 Å². The average Bonchev–Trinajstić information content (AvgIpc) is 2.95. The van der Waals surface area contributed by atoms with E-state index in [1.807, 2.05) is 42.5 Å². The summed E-state index contributed by atoms with van der Waals surface area (Å²) in [5, 5.41) is 4.05. The standard InChI is InChI=1S/C32H39Cl2N3O4S/c1-4-5-20-35-32(39)30(22-25-11-7-6-8-12-25)36(23-26-16-18-27(33)19-17-26)31(38)15-10-21-37(42(3,40)41)29-14-9-13-28(34)24(29)2/h6-9,11-14,16-19,30H,4-5,10,15,20-23H2,1-3H3,(H,35,39)/t30-/m1/s1.